The molecular formula is C7H14N2OS. The maximum atomic E-state index is 9.87. The van der Waals surface area contributed by atoms with Gasteiger partial charge in [-0.3, -0.25) is 4.79 Å². The van der Waals surface area contributed by atoms with E-state index in [4.69, 9.17) is 0 Å². The van der Waals surface area contributed by atoms with Crippen LogP contribution in [0.2, 0.25) is 0 Å². The zero-order valence-corrected chi connectivity index (χ0v) is 7.53. The van der Waals surface area contributed by atoms with Crippen molar-refractivity contribution in [3.05, 3.63) is 12.3 Å². The number of hydrogen-bond donors (Lipinski definition) is 3. The van der Waals surface area contributed by atoms with E-state index >= 15 is 0 Å². The molecule has 0 aliphatic heterocycles. The molecule has 0 aromatic carbocycles. The van der Waals surface area contributed by atoms with Crippen LogP contribution in [0.3, 0.4) is 0 Å². The molecule has 0 aliphatic carbocycles. The Morgan fingerprint density at radius 2 is 2.45 bits per heavy atom. The predicted molar refractivity (Wildman–Crippen MR) is 49.7 cm³/mol. The highest BCUT2D eigenvalue weighted by Gasteiger charge is 1.98. The van der Waals surface area contributed by atoms with Crippen molar-refractivity contribution in [1.29, 1.82) is 0 Å². The second-order valence-corrected chi connectivity index (χ2v) is 2.70. The second kappa shape index (κ2) is 6.09. The Morgan fingerprint density at radius 1 is 1.82 bits per heavy atom. The SMILES string of the molecule is C=C(CNC=O)NC(C)CS. The highest BCUT2D eigenvalue weighted by Crippen LogP contribution is 1.89. The Bertz CT molecular complexity index is 138. The summed E-state index contributed by atoms with van der Waals surface area (Å²) in [5.74, 6) is 0.750. The zero-order chi connectivity index (χ0) is 8.69. The number of carbonyl (C=O) groups is 1. The average molecular weight is 174 g/mol. The topological polar surface area (TPSA) is 41.1 Å². The number of amides is 1. The molecule has 0 aliphatic rings. The van der Waals surface area contributed by atoms with E-state index in [0.29, 0.717) is 19.0 Å². The summed E-state index contributed by atoms with van der Waals surface area (Å²) in [6.07, 6.45) is 0.651. The first-order chi connectivity index (χ1) is 5.20. The van der Waals surface area contributed by atoms with Gasteiger partial charge in [0.25, 0.3) is 0 Å². The van der Waals surface area contributed by atoms with Crippen molar-refractivity contribution in [3.63, 3.8) is 0 Å². The quantitative estimate of drug-likeness (QED) is 0.396. The Hall–Kier alpha value is -0.640. The molecule has 0 aromatic heterocycles. The molecule has 0 saturated heterocycles. The smallest absolute Gasteiger partial charge is 0.207 e. The van der Waals surface area contributed by atoms with Crippen LogP contribution in [0.5, 0.6) is 0 Å². The van der Waals surface area contributed by atoms with Crippen molar-refractivity contribution >= 4 is 19.0 Å². The van der Waals surface area contributed by atoms with Crippen LogP contribution in [0.25, 0.3) is 0 Å². The molecule has 0 fully saturated rings. The highest BCUT2D eigenvalue weighted by molar-refractivity contribution is 7.80. The van der Waals surface area contributed by atoms with Gasteiger partial charge in [0.2, 0.25) is 6.41 Å². The molecule has 0 rings (SSSR count). The largest absolute Gasteiger partial charge is 0.384 e. The minimum Gasteiger partial charge on any atom is -0.384 e. The van der Waals surface area contributed by atoms with Gasteiger partial charge < -0.3 is 10.6 Å². The third-order valence-corrected chi connectivity index (χ3v) is 1.67. The van der Waals surface area contributed by atoms with Gasteiger partial charge in [-0.15, -0.1) is 0 Å². The number of nitrogens with one attached hydrogen (secondary N) is 2. The van der Waals surface area contributed by atoms with E-state index in [0.717, 1.165) is 11.4 Å². The van der Waals surface area contributed by atoms with Crippen LogP contribution in [0.4, 0.5) is 0 Å². The molecule has 1 amide bonds. The number of thiol groups is 1. The first kappa shape index (κ1) is 10.4. The summed E-state index contributed by atoms with van der Waals surface area (Å²) in [4.78, 5) is 9.87. The van der Waals surface area contributed by atoms with Crippen molar-refractivity contribution in [2.75, 3.05) is 12.3 Å². The standard InChI is InChI=1S/C7H14N2OS/c1-6(3-8-5-10)9-7(2)4-11/h5,7,9,11H,1,3-4H2,2H3,(H,8,10). The van der Waals surface area contributed by atoms with Crippen LogP contribution in [0.15, 0.2) is 12.3 Å². The monoisotopic (exact) mass is 174 g/mol. The lowest BCUT2D eigenvalue weighted by Crippen LogP contribution is -2.31. The fraction of sp³-hybridized carbons (Fsp3) is 0.571. The molecule has 1 atom stereocenters. The number of carbonyl (C=O) groups excluding carboxylic acids is 1. The van der Waals surface area contributed by atoms with Gasteiger partial charge in [-0.1, -0.05) is 6.58 Å². The fourth-order valence-electron chi connectivity index (χ4n) is 0.610. The van der Waals surface area contributed by atoms with Crippen LogP contribution >= 0.6 is 12.6 Å². The molecule has 0 saturated carbocycles. The molecule has 0 heterocycles. The van der Waals surface area contributed by atoms with Gasteiger partial charge in [0.1, 0.15) is 0 Å². The molecule has 1 unspecified atom stereocenters. The lowest BCUT2D eigenvalue weighted by molar-refractivity contribution is -0.109. The lowest BCUT2D eigenvalue weighted by atomic mass is 10.3. The average Bonchev–Trinajstić information content (AvgIpc) is 2.00. The van der Waals surface area contributed by atoms with E-state index in [1.807, 2.05) is 6.92 Å². The Morgan fingerprint density at radius 3 is 2.91 bits per heavy atom. The molecule has 4 heteroatoms. The van der Waals surface area contributed by atoms with Crippen LogP contribution in [0.1, 0.15) is 6.92 Å². The van der Waals surface area contributed by atoms with Gasteiger partial charge in [-0.25, -0.2) is 0 Å². The Labute approximate surface area is 72.7 Å². The van der Waals surface area contributed by atoms with Crippen LogP contribution in [0, 0.1) is 0 Å². The van der Waals surface area contributed by atoms with E-state index in [9.17, 15) is 4.79 Å². The molecule has 0 aromatic rings. The van der Waals surface area contributed by atoms with Gasteiger partial charge in [0, 0.05) is 17.5 Å². The van der Waals surface area contributed by atoms with Crippen molar-refractivity contribution in [3.8, 4) is 0 Å². The molecule has 0 spiro atoms. The first-order valence-corrected chi connectivity index (χ1v) is 4.06. The van der Waals surface area contributed by atoms with Crippen molar-refractivity contribution in [1.82, 2.24) is 10.6 Å². The van der Waals surface area contributed by atoms with Gasteiger partial charge in [0.15, 0.2) is 0 Å². The van der Waals surface area contributed by atoms with E-state index in [-0.39, 0.29) is 0 Å². The third-order valence-electron chi connectivity index (χ3n) is 1.12. The second-order valence-electron chi connectivity index (χ2n) is 2.33. The predicted octanol–water partition coefficient (Wildman–Crippen LogP) is 0.154. The maximum absolute atomic E-state index is 9.87. The molecule has 2 N–H and O–H groups in total. The van der Waals surface area contributed by atoms with E-state index in [1.165, 1.54) is 0 Å². The van der Waals surface area contributed by atoms with Gasteiger partial charge >= 0.3 is 0 Å². The summed E-state index contributed by atoms with van der Waals surface area (Å²) >= 11 is 4.09. The minimum absolute atomic E-state index is 0.291. The summed E-state index contributed by atoms with van der Waals surface area (Å²) in [6, 6.07) is 0.291. The summed E-state index contributed by atoms with van der Waals surface area (Å²) in [5, 5.41) is 5.58. The van der Waals surface area contributed by atoms with Gasteiger partial charge in [-0.2, -0.15) is 12.6 Å². The lowest BCUT2D eigenvalue weighted by Gasteiger charge is -2.13. The van der Waals surface area contributed by atoms with Crippen molar-refractivity contribution in [2.45, 2.75) is 13.0 Å². The first-order valence-electron chi connectivity index (χ1n) is 3.43. The maximum Gasteiger partial charge on any atom is 0.207 e. The van der Waals surface area contributed by atoms with E-state index in [2.05, 4.69) is 29.8 Å². The van der Waals surface area contributed by atoms with Crippen LogP contribution in [-0.2, 0) is 4.79 Å². The van der Waals surface area contributed by atoms with Gasteiger partial charge in [-0.05, 0) is 6.92 Å². The Balaban J connectivity index is 3.43. The summed E-state index contributed by atoms with van der Waals surface area (Å²) in [6.45, 7) is 6.19. The van der Waals surface area contributed by atoms with Gasteiger partial charge in [0.05, 0.1) is 6.54 Å². The molecule has 3 nitrogen and oxygen atoms in total. The molecule has 11 heavy (non-hydrogen) atoms. The zero-order valence-electron chi connectivity index (χ0n) is 6.63. The van der Waals surface area contributed by atoms with Crippen LogP contribution in [-0.4, -0.2) is 24.7 Å². The summed E-state index contributed by atoms with van der Waals surface area (Å²) < 4.78 is 0. The summed E-state index contributed by atoms with van der Waals surface area (Å²) in [7, 11) is 0. The normalized spacial score (nSPS) is 11.8. The number of hydrogen-bond acceptors (Lipinski definition) is 3. The fourth-order valence-corrected chi connectivity index (χ4v) is 0.701. The molecule has 0 bridgehead atoms. The summed E-state index contributed by atoms with van der Waals surface area (Å²) in [5.41, 5.74) is 0.804. The minimum atomic E-state index is 0.291. The van der Waals surface area contributed by atoms with Crippen molar-refractivity contribution < 1.29 is 4.79 Å². The molecular weight excluding hydrogens is 160 g/mol. The van der Waals surface area contributed by atoms with E-state index < -0.39 is 0 Å². The molecule has 0 radical (unpaired) electrons. The highest BCUT2D eigenvalue weighted by atomic mass is 32.1. The number of rotatable bonds is 6. The molecule has 64 valence electrons. The Kier molecular flexibility index (Phi) is 5.74. The van der Waals surface area contributed by atoms with Crippen molar-refractivity contribution in [2.24, 2.45) is 0 Å². The van der Waals surface area contributed by atoms with Crippen LogP contribution < -0.4 is 10.6 Å². The van der Waals surface area contributed by atoms with E-state index in [1.54, 1.807) is 0 Å². The third kappa shape index (κ3) is 5.79.